The summed E-state index contributed by atoms with van der Waals surface area (Å²) in [5.41, 5.74) is 4.72. The quantitative estimate of drug-likeness (QED) is 0.182. The van der Waals surface area contributed by atoms with Gasteiger partial charge in [-0.15, -0.1) is 0 Å². The van der Waals surface area contributed by atoms with E-state index in [0.717, 1.165) is 53.9 Å². The molecule has 2 heterocycles. The van der Waals surface area contributed by atoms with Crippen molar-refractivity contribution in [2.75, 3.05) is 25.1 Å². The Labute approximate surface area is 278 Å². The van der Waals surface area contributed by atoms with Crippen LogP contribution in [0.1, 0.15) is 69.1 Å². The van der Waals surface area contributed by atoms with E-state index in [4.69, 9.17) is 23.9 Å². The highest BCUT2D eigenvalue weighted by Gasteiger charge is 2.33. The van der Waals surface area contributed by atoms with Crippen molar-refractivity contribution in [2.24, 2.45) is 0 Å². The third kappa shape index (κ3) is 7.99. The number of amides is 1. The number of benzene rings is 3. The van der Waals surface area contributed by atoms with Gasteiger partial charge in [-0.05, 0) is 81.2 Å². The van der Waals surface area contributed by atoms with Crippen molar-refractivity contribution in [3.05, 3.63) is 108 Å². The normalized spacial score (nSPS) is 17.7. The average molecular weight is 636 g/mol. The van der Waals surface area contributed by atoms with Crippen LogP contribution in [0, 0.1) is 0 Å². The third-order valence-corrected chi connectivity index (χ3v) is 8.80. The highest BCUT2D eigenvalue weighted by Crippen LogP contribution is 2.47. The number of nitrogens with zero attached hydrogens (tertiary/aromatic N) is 3. The van der Waals surface area contributed by atoms with Gasteiger partial charge in [0.15, 0.2) is 0 Å². The minimum atomic E-state index is -0.508. The molecule has 1 aromatic heterocycles. The van der Waals surface area contributed by atoms with Crippen LogP contribution in [0.2, 0.25) is 0 Å². The first kappa shape index (κ1) is 32.2. The molecule has 2 aliphatic rings. The summed E-state index contributed by atoms with van der Waals surface area (Å²) in [7, 11) is 1.86. The zero-order chi connectivity index (χ0) is 32.8. The lowest BCUT2D eigenvalue weighted by Gasteiger charge is -2.37. The minimum Gasteiger partial charge on any atom is -0.489 e. The van der Waals surface area contributed by atoms with Crippen LogP contribution in [0.15, 0.2) is 91.0 Å². The van der Waals surface area contributed by atoms with Gasteiger partial charge in [-0.3, -0.25) is 0 Å². The van der Waals surface area contributed by atoms with Crippen molar-refractivity contribution in [3.63, 3.8) is 0 Å². The summed E-state index contributed by atoms with van der Waals surface area (Å²) in [6.45, 7) is 7.73. The Hall–Kier alpha value is -4.72. The summed E-state index contributed by atoms with van der Waals surface area (Å²) in [5, 5.41) is 0. The zero-order valence-corrected chi connectivity index (χ0v) is 27.9. The molecule has 1 aliphatic heterocycles. The fraction of sp³-hybridized carbons (Fsp3) is 0.385. The predicted octanol–water partition coefficient (Wildman–Crippen LogP) is 8.66. The van der Waals surface area contributed by atoms with Crippen molar-refractivity contribution in [2.45, 2.75) is 77.2 Å². The number of anilines is 2. The molecule has 1 amide bonds. The van der Waals surface area contributed by atoms with Gasteiger partial charge in [0, 0.05) is 19.2 Å². The molecule has 1 fully saturated rings. The van der Waals surface area contributed by atoms with Gasteiger partial charge in [0.05, 0.1) is 12.2 Å². The average Bonchev–Trinajstić information content (AvgIpc) is 3.09. The Morgan fingerprint density at radius 2 is 1.49 bits per heavy atom. The van der Waals surface area contributed by atoms with Gasteiger partial charge in [0.1, 0.15) is 36.9 Å². The first-order valence-electron chi connectivity index (χ1n) is 16.6. The Bertz CT molecular complexity index is 1630. The van der Waals surface area contributed by atoms with Crippen LogP contribution < -0.4 is 19.1 Å². The second-order valence-corrected chi connectivity index (χ2v) is 13.3. The molecule has 1 aliphatic carbocycles. The van der Waals surface area contributed by atoms with Gasteiger partial charge < -0.3 is 28.7 Å². The molecule has 0 unspecified atom stereocenters. The Kier molecular flexibility index (Phi) is 9.85. The van der Waals surface area contributed by atoms with Gasteiger partial charge in [-0.2, -0.15) is 4.98 Å². The minimum absolute atomic E-state index is 0.163. The lowest BCUT2D eigenvalue weighted by Crippen LogP contribution is -2.42. The van der Waals surface area contributed by atoms with Crippen molar-refractivity contribution >= 4 is 17.5 Å². The molecule has 0 saturated heterocycles. The maximum absolute atomic E-state index is 12.7. The number of rotatable bonds is 9. The van der Waals surface area contributed by atoms with Gasteiger partial charge in [-0.1, -0.05) is 72.8 Å². The number of carbonyl (C=O) groups is 1. The standard InChI is InChI=1S/C39H45N3O5/c1-39(2,3)47-38(43)41(4)31-20-18-30(19-21-31)32-16-11-17-33-36(32)44-25-24-42(33)34-22-23-35(45-26-28-12-7-5-8-13-28)40-37(34)46-27-29-14-9-6-10-15-29/h5-17,22-23,30-31H,18-21,24-27H2,1-4H3. The number of carbonyl (C=O) groups excluding carboxylic acids is 1. The smallest absolute Gasteiger partial charge is 0.410 e. The molecule has 47 heavy (non-hydrogen) atoms. The molecule has 246 valence electrons. The zero-order valence-electron chi connectivity index (χ0n) is 27.9. The van der Waals surface area contributed by atoms with Crippen LogP contribution in [0.4, 0.5) is 16.2 Å². The van der Waals surface area contributed by atoms with Crippen molar-refractivity contribution in [1.82, 2.24) is 9.88 Å². The van der Waals surface area contributed by atoms with E-state index in [1.54, 1.807) is 4.90 Å². The van der Waals surface area contributed by atoms with E-state index in [9.17, 15) is 4.79 Å². The number of hydrogen-bond donors (Lipinski definition) is 0. The number of ether oxygens (including phenoxy) is 4. The van der Waals surface area contributed by atoms with Crippen LogP contribution in [0.5, 0.6) is 17.5 Å². The second kappa shape index (κ2) is 14.4. The van der Waals surface area contributed by atoms with Crippen LogP contribution in [-0.2, 0) is 18.0 Å². The van der Waals surface area contributed by atoms with Crippen molar-refractivity contribution in [1.29, 1.82) is 0 Å². The number of hydrogen-bond acceptors (Lipinski definition) is 7. The third-order valence-electron chi connectivity index (χ3n) is 8.80. The van der Waals surface area contributed by atoms with E-state index < -0.39 is 5.60 Å². The van der Waals surface area contributed by atoms with Gasteiger partial charge in [-0.25, -0.2) is 4.79 Å². The van der Waals surface area contributed by atoms with E-state index in [2.05, 4.69) is 23.1 Å². The molecule has 1 saturated carbocycles. The summed E-state index contributed by atoms with van der Waals surface area (Å²) < 4.78 is 24.5. The maximum atomic E-state index is 12.7. The van der Waals surface area contributed by atoms with Crippen LogP contribution in [-0.4, -0.2) is 47.8 Å². The molecule has 3 aromatic carbocycles. The predicted molar refractivity (Wildman–Crippen MR) is 184 cm³/mol. The number of aromatic nitrogens is 1. The Balaban J connectivity index is 1.22. The summed E-state index contributed by atoms with van der Waals surface area (Å²) in [6.07, 6.45) is 3.52. The van der Waals surface area contributed by atoms with E-state index >= 15 is 0 Å². The van der Waals surface area contributed by atoms with Crippen molar-refractivity contribution in [3.8, 4) is 17.5 Å². The van der Waals surface area contributed by atoms with Crippen LogP contribution >= 0.6 is 0 Å². The SMILES string of the molecule is CN(C(=O)OC(C)(C)C)C1CCC(c2cccc3c2OCCN3c2ccc(OCc3ccccc3)nc2OCc2ccccc2)CC1. The van der Waals surface area contributed by atoms with E-state index in [1.807, 2.05) is 101 Å². The fourth-order valence-electron chi connectivity index (χ4n) is 6.37. The van der Waals surface area contributed by atoms with Crippen LogP contribution in [0.25, 0.3) is 0 Å². The largest absolute Gasteiger partial charge is 0.489 e. The molecule has 0 bridgehead atoms. The molecule has 0 atom stereocenters. The molecule has 6 rings (SSSR count). The van der Waals surface area contributed by atoms with E-state index in [-0.39, 0.29) is 12.1 Å². The number of fused-ring (bicyclic) bond motifs is 1. The number of para-hydroxylation sites is 1. The molecule has 0 N–H and O–H groups in total. The summed E-state index contributed by atoms with van der Waals surface area (Å²) in [6, 6.07) is 30.7. The molecular weight excluding hydrogens is 590 g/mol. The van der Waals surface area contributed by atoms with Gasteiger partial charge >= 0.3 is 6.09 Å². The topological polar surface area (TPSA) is 73.4 Å². The summed E-state index contributed by atoms with van der Waals surface area (Å²) in [5.74, 6) is 2.29. The molecule has 0 spiro atoms. The lowest BCUT2D eigenvalue weighted by molar-refractivity contribution is 0.0182. The molecule has 4 aromatic rings. The fourth-order valence-corrected chi connectivity index (χ4v) is 6.37. The molecular formula is C39H45N3O5. The highest BCUT2D eigenvalue weighted by molar-refractivity contribution is 5.75. The Morgan fingerprint density at radius 1 is 0.830 bits per heavy atom. The number of pyridine rings is 1. The first-order valence-corrected chi connectivity index (χ1v) is 16.6. The second-order valence-electron chi connectivity index (χ2n) is 13.3. The summed E-state index contributed by atoms with van der Waals surface area (Å²) >= 11 is 0. The lowest BCUT2D eigenvalue weighted by atomic mass is 9.80. The Morgan fingerprint density at radius 3 is 2.15 bits per heavy atom. The summed E-state index contributed by atoms with van der Waals surface area (Å²) in [4.78, 5) is 21.6. The molecule has 8 heteroatoms. The highest BCUT2D eigenvalue weighted by atomic mass is 16.6. The first-order chi connectivity index (χ1) is 22.7. The van der Waals surface area contributed by atoms with Gasteiger partial charge in [0.2, 0.25) is 11.8 Å². The maximum Gasteiger partial charge on any atom is 0.410 e. The van der Waals surface area contributed by atoms with Crippen LogP contribution in [0.3, 0.4) is 0 Å². The van der Waals surface area contributed by atoms with Crippen molar-refractivity contribution < 1.29 is 23.7 Å². The molecule has 0 radical (unpaired) electrons. The van der Waals surface area contributed by atoms with E-state index in [0.29, 0.717) is 44.0 Å². The van der Waals surface area contributed by atoms with Gasteiger partial charge in [0.25, 0.3) is 0 Å². The monoisotopic (exact) mass is 635 g/mol. The van der Waals surface area contributed by atoms with E-state index in [1.165, 1.54) is 5.56 Å². The molecule has 8 nitrogen and oxygen atoms in total.